The van der Waals surface area contributed by atoms with E-state index in [1.54, 1.807) is 0 Å². The minimum absolute atomic E-state index is 1.14. The molecule has 54 heavy (non-hydrogen) atoms. The molecule has 300 valence electrons. The molecule has 0 amide bonds. The summed E-state index contributed by atoms with van der Waals surface area (Å²) in [5.74, 6) is 0. The highest BCUT2D eigenvalue weighted by atomic mass is 14.1. The first kappa shape index (κ1) is 48.9. The van der Waals surface area contributed by atoms with Crippen LogP contribution in [0.3, 0.4) is 0 Å². The predicted octanol–water partition coefficient (Wildman–Crippen LogP) is 18.0. The smallest absolute Gasteiger partial charge is 0.0244 e. The van der Waals surface area contributed by atoms with Crippen molar-refractivity contribution in [2.75, 3.05) is 0 Å². The lowest BCUT2D eigenvalue weighted by molar-refractivity contribution is 0.880. The fraction of sp³-hybridized carbons (Fsp3) is 0.556. The number of hydrogen-bond acceptors (Lipinski definition) is 0. The highest BCUT2D eigenvalue weighted by Gasteiger charge is 1.99. The molecule has 0 aliphatic rings. The molecule has 0 aromatic heterocycles. The van der Waals surface area contributed by atoms with Crippen LogP contribution in [0.25, 0.3) is 0 Å². The van der Waals surface area contributed by atoms with Crippen molar-refractivity contribution in [3.8, 4) is 0 Å². The third-order valence-electron chi connectivity index (χ3n) is 10.8. The van der Waals surface area contributed by atoms with Crippen molar-refractivity contribution in [1.82, 2.24) is 0 Å². The van der Waals surface area contributed by atoms with Gasteiger partial charge in [-0.15, -0.1) is 0 Å². The van der Waals surface area contributed by atoms with Crippen LogP contribution in [0.5, 0.6) is 0 Å². The molecular formula is C54H84. The summed E-state index contributed by atoms with van der Waals surface area (Å²) < 4.78 is 0. The Morgan fingerprint density at radius 3 is 0.852 bits per heavy atom. The molecule has 0 spiro atoms. The van der Waals surface area contributed by atoms with Crippen LogP contribution >= 0.6 is 0 Å². The fourth-order valence-electron chi connectivity index (χ4n) is 6.67. The van der Waals surface area contributed by atoms with Gasteiger partial charge in [-0.3, -0.25) is 0 Å². The average Bonchev–Trinajstić information content (AvgIpc) is 3.09. The zero-order valence-corrected chi connectivity index (χ0v) is 37.7. The van der Waals surface area contributed by atoms with Gasteiger partial charge in [0, 0.05) is 0 Å². The highest BCUT2D eigenvalue weighted by Crippen LogP contribution is 2.18. The summed E-state index contributed by atoms with van der Waals surface area (Å²) in [6.07, 6.45) is 43.0. The topological polar surface area (TPSA) is 0 Å². The Labute approximate surface area is 337 Å². The Hall–Kier alpha value is -3.12. The predicted molar refractivity (Wildman–Crippen MR) is 248 cm³/mol. The van der Waals surface area contributed by atoms with Crippen LogP contribution in [0.15, 0.2) is 123 Å². The molecule has 0 heterocycles. The maximum Gasteiger partial charge on any atom is -0.0244 e. The van der Waals surface area contributed by atoms with Crippen LogP contribution < -0.4 is 0 Å². The molecule has 0 N–H and O–H groups in total. The van der Waals surface area contributed by atoms with Crippen molar-refractivity contribution in [3.05, 3.63) is 140 Å². The minimum atomic E-state index is 1.14. The first-order valence-corrected chi connectivity index (χ1v) is 21.7. The van der Waals surface area contributed by atoms with Crippen molar-refractivity contribution >= 4 is 0 Å². The van der Waals surface area contributed by atoms with Gasteiger partial charge >= 0.3 is 0 Å². The summed E-state index contributed by atoms with van der Waals surface area (Å²) in [6.45, 7) is 27.2. The third kappa shape index (κ3) is 27.5. The van der Waals surface area contributed by atoms with Gasteiger partial charge in [0.15, 0.2) is 0 Å². The van der Waals surface area contributed by atoms with E-state index in [4.69, 9.17) is 0 Å². The summed E-state index contributed by atoms with van der Waals surface area (Å²) in [4.78, 5) is 0. The van der Waals surface area contributed by atoms with Crippen molar-refractivity contribution in [1.29, 1.82) is 0 Å². The van der Waals surface area contributed by atoms with Crippen molar-refractivity contribution in [3.63, 3.8) is 0 Å². The first-order chi connectivity index (χ1) is 25.7. The second kappa shape index (κ2) is 30.1. The second-order valence-electron chi connectivity index (χ2n) is 17.0. The van der Waals surface area contributed by atoms with Crippen LogP contribution in [0.1, 0.15) is 195 Å². The van der Waals surface area contributed by atoms with Gasteiger partial charge in [0.25, 0.3) is 0 Å². The van der Waals surface area contributed by atoms with Crippen LogP contribution in [0.2, 0.25) is 0 Å². The van der Waals surface area contributed by atoms with E-state index in [1.807, 2.05) is 0 Å². The molecule has 1 rings (SSSR count). The summed E-state index contributed by atoms with van der Waals surface area (Å²) >= 11 is 0. The van der Waals surface area contributed by atoms with Gasteiger partial charge < -0.3 is 0 Å². The quantitative estimate of drug-likeness (QED) is 0.0790. The van der Waals surface area contributed by atoms with Gasteiger partial charge in [-0.25, -0.2) is 0 Å². The summed E-state index contributed by atoms with van der Waals surface area (Å²) in [5, 5.41) is 0. The van der Waals surface area contributed by atoms with E-state index >= 15 is 0 Å². The van der Waals surface area contributed by atoms with Crippen molar-refractivity contribution < 1.29 is 0 Å². The standard InChI is InChI=1S/C54H84/c1-43(2)22-13-23-44(3)24-14-25-45(4)26-15-27-46(5)28-16-29-47(6)30-17-31-48(7)32-18-33-49(8)34-19-35-50(9)36-20-37-51(10)38-21-39-54-41-40-52(11)53(12)42-54/h22,24,26,28,30,32,34,36,38,40-42H,13-21,23,25,27,29,31,33,35,37,39H2,1-12H3. The van der Waals surface area contributed by atoms with Gasteiger partial charge in [-0.1, -0.05) is 123 Å². The molecule has 1 aromatic rings. The maximum atomic E-state index is 2.47. The molecule has 0 radical (unpaired) electrons. The monoisotopic (exact) mass is 733 g/mol. The molecule has 0 aliphatic carbocycles. The lowest BCUT2D eigenvalue weighted by atomic mass is 10.0. The molecular weight excluding hydrogens is 649 g/mol. The van der Waals surface area contributed by atoms with Crippen LogP contribution in [0, 0.1) is 13.8 Å². The van der Waals surface area contributed by atoms with Crippen LogP contribution in [-0.2, 0) is 6.42 Å². The van der Waals surface area contributed by atoms with Gasteiger partial charge in [0.05, 0.1) is 0 Å². The highest BCUT2D eigenvalue weighted by molar-refractivity contribution is 5.30. The molecule has 0 saturated carbocycles. The van der Waals surface area contributed by atoms with Gasteiger partial charge in [0.1, 0.15) is 0 Å². The average molecular weight is 733 g/mol. The van der Waals surface area contributed by atoms with Gasteiger partial charge in [-0.2, -0.15) is 0 Å². The zero-order valence-electron chi connectivity index (χ0n) is 37.7. The largest absolute Gasteiger partial charge is 0.0856 e. The summed E-state index contributed by atoms with van der Waals surface area (Å²) in [7, 11) is 0. The number of aryl methyl sites for hydroxylation is 3. The van der Waals surface area contributed by atoms with E-state index in [2.05, 4.69) is 156 Å². The Bertz CT molecular complexity index is 1490. The van der Waals surface area contributed by atoms with E-state index in [1.165, 1.54) is 137 Å². The maximum absolute atomic E-state index is 2.47. The van der Waals surface area contributed by atoms with E-state index in [-0.39, 0.29) is 0 Å². The Morgan fingerprint density at radius 2 is 0.593 bits per heavy atom. The molecule has 0 bridgehead atoms. The van der Waals surface area contributed by atoms with Crippen LogP contribution in [0.4, 0.5) is 0 Å². The fourth-order valence-corrected chi connectivity index (χ4v) is 6.67. The zero-order chi connectivity index (χ0) is 40.1. The van der Waals surface area contributed by atoms with E-state index in [0.29, 0.717) is 0 Å². The van der Waals surface area contributed by atoms with E-state index in [0.717, 1.165) is 44.9 Å². The molecule has 0 unspecified atom stereocenters. The van der Waals surface area contributed by atoms with Crippen molar-refractivity contribution in [2.45, 2.75) is 199 Å². The lowest BCUT2D eigenvalue weighted by Gasteiger charge is -2.05. The number of benzene rings is 1. The van der Waals surface area contributed by atoms with Crippen molar-refractivity contribution in [2.24, 2.45) is 0 Å². The molecule has 1 aromatic carbocycles. The van der Waals surface area contributed by atoms with E-state index in [9.17, 15) is 0 Å². The van der Waals surface area contributed by atoms with Crippen LogP contribution in [-0.4, -0.2) is 0 Å². The normalized spacial score (nSPS) is 14.3. The summed E-state index contributed by atoms with van der Waals surface area (Å²) in [5.41, 5.74) is 17.9. The number of hydrogen-bond donors (Lipinski definition) is 0. The molecule has 0 nitrogen and oxygen atoms in total. The van der Waals surface area contributed by atoms with Gasteiger partial charge in [0.2, 0.25) is 0 Å². The number of rotatable bonds is 27. The number of allylic oxidation sites excluding steroid dienone is 18. The first-order valence-electron chi connectivity index (χ1n) is 21.7. The third-order valence-corrected chi connectivity index (χ3v) is 10.8. The minimum Gasteiger partial charge on any atom is -0.0856 e. The van der Waals surface area contributed by atoms with E-state index < -0.39 is 0 Å². The summed E-state index contributed by atoms with van der Waals surface area (Å²) in [6, 6.07) is 6.88. The lowest BCUT2D eigenvalue weighted by Crippen LogP contribution is -1.88. The van der Waals surface area contributed by atoms with Gasteiger partial charge in [-0.05, 0) is 215 Å². The molecule has 0 fully saturated rings. The Balaban J connectivity index is 2.22. The molecule has 0 heteroatoms. The molecule has 0 aliphatic heterocycles. The molecule has 0 saturated heterocycles. The SMILES string of the molecule is CC(C)=CCCC(C)=CCCC(C)=CCCC(C)=CCCC(C)=CCCC(C)=CCCC(C)=CCCC(C)=CCCC(C)=CCCc1ccc(C)c(C)c1. The molecule has 0 atom stereocenters. The second-order valence-corrected chi connectivity index (χ2v) is 17.0. The Morgan fingerprint density at radius 1 is 0.333 bits per heavy atom. The Kier molecular flexibility index (Phi) is 27.3.